The summed E-state index contributed by atoms with van der Waals surface area (Å²) < 4.78 is 5.42. The number of benzene rings is 1. The highest BCUT2D eigenvalue weighted by Gasteiger charge is 2.10. The molecule has 1 aromatic rings. The Bertz CT molecular complexity index is 415. The van der Waals surface area contributed by atoms with Crippen molar-refractivity contribution in [1.82, 2.24) is 10.6 Å². The molecule has 1 rings (SSSR count). The fraction of sp³-hybridized carbons (Fsp3) is 0.438. The van der Waals surface area contributed by atoms with E-state index in [1.54, 1.807) is 6.08 Å². The van der Waals surface area contributed by atoms with Gasteiger partial charge in [-0.2, -0.15) is 0 Å². The summed E-state index contributed by atoms with van der Waals surface area (Å²) >= 11 is 0. The van der Waals surface area contributed by atoms with Gasteiger partial charge in [0.1, 0.15) is 12.4 Å². The maximum atomic E-state index is 11.7. The van der Waals surface area contributed by atoms with Crippen LogP contribution in [-0.2, 0) is 11.3 Å². The highest BCUT2D eigenvalue weighted by atomic mass is 16.5. The zero-order chi connectivity index (χ0) is 14.8. The lowest BCUT2D eigenvalue weighted by Gasteiger charge is -2.14. The molecule has 110 valence electrons. The van der Waals surface area contributed by atoms with Crippen LogP contribution in [0, 0.1) is 0 Å². The first-order valence-electron chi connectivity index (χ1n) is 7.01. The van der Waals surface area contributed by atoms with Crippen LogP contribution in [-0.4, -0.2) is 25.1 Å². The van der Waals surface area contributed by atoms with Gasteiger partial charge < -0.3 is 15.4 Å². The van der Waals surface area contributed by atoms with Crippen LogP contribution in [0.3, 0.4) is 0 Å². The molecule has 0 bridgehead atoms. The number of nitrogens with one attached hydrogen (secondary N) is 2. The molecule has 1 atom stereocenters. The molecule has 0 spiro atoms. The van der Waals surface area contributed by atoms with Crippen molar-refractivity contribution >= 4 is 5.91 Å². The van der Waals surface area contributed by atoms with Gasteiger partial charge >= 0.3 is 0 Å². The zero-order valence-electron chi connectivity index (χ0n) is 12.3. The SMILES string of the molecule is C=CCOc1ccc(CNC(C)C(=O)NCCC)cc1. The smallest absolute Gasteiger partial charge is 0.236 e. The Kier molecular flexibility index (Phi) is 7.43. The van der Waals surface area contributed by atoms with Gasteiger partial charge in [-0.1, -0.05) is 31.7 Å². The van der Waals surface area contributed by atoms with E-state index in [4.69, 9.17) is 4.74 Å². The average Bonchev–Trinajstić information content (AvgIpc) is 2.49. The third-order valence-corrected chi connectivity index (χ3v) is 2.85. The van der Waals surface area contributed by atoms with Crippen LogP contribution in [0.25, 0.3) is 0 Å². The predicted octanol–water partition coefficient (Wildman–Crippen LogP) is 2.26. The lowest BCUT2D eigenvalue weighted by atomic mass is 10.2. The first-order chi connectivity index (χ1) is 9.67. The van der Waals surface area contributed by atoms with Crippen molar-refractivity contribution in [3.63, 3.8) is 0 Å². The van der Waals surface area contributed by atoms with Crippen molar-refractivity contribution in [2.45, 2.75) is 32.9 Å². The van der Waals surface area contributed by atoms with Gasteiger partial charge in [0.15, 0.2) is 0 Å². The second-order valence-corrected chi connectivity index (χ2v) is 4.64. The van der Waals surface area contributed by atoms with Crippen LogP contribution < -0.4 is 15.4 Å². The molecule has 0 aliphatic carbocycles. The van der Waals surface area contributed by atoms with E-state index in [9.17, 15) is 4.79 Å². The van der Waals surface area contributed by atoms with Gasteiger partial charge in [-0.15, -0.1) is 0 Å². The first kappa shape index (κ1) is 16.2. The minimum Gasteiger partial charge on any atom is -0.490 e. The van der Waals surface area contributed by atoms with Crippen LogP contribution in [0.15, 0.2) is 36.9 Å². The largest absolute Gasteiger partial charge is 0.490 e. The molecule has 0 radical (unpaired) electrons. The van der Waals surface area contributed by atoms with Crippen molar-refractivity contribution in [3.05, 3.63) is 42.5 Å². The van der Waals surface area contributed by atoms with E-state index in [1.165, 1.54) is 0 Å². The van der Waals surface area contributed by atoms with Gasteiger partial charge in [0.25, 0.3) is 0 Å². The van der Waals surface area contributed by atoms with Crippen molar-refractivity contribution in [1.29, 1.82) is 0 Å². The highest BCUT2D eigenvalue weighted by Crippen LogP contribution is 2.12. The molecule has 4 nitrogen and oxygen atoms in total. The van der Waals surface area contributed by atoms with Crippen LogP contribution in [0.2, 0.25) is 0 Å². The van der Waals surface area contributed by atoms with Gasteiger partial charge in [0, 0.05) is 13.1 Å². The molecule has 20 heavy (non-hydrogen) atoms. The van der Waals surface area contributed by atoms with Crippen molar-refractivity contribution in [2.75, 3.05) is 13.2 Å². The molecule has 0 aromatic heterocycles. The maximum Gasteiger partial charge on any atom is 0.236 e. The third kappa shape index (κ3) is 5.89. The van der Waals surface area contributed by atoms with E-state index in [0.29, 0.717) is 13.2 Å². The Balaban J connectivity index is 2.37. The number of ether oxygens (including phenoxy) is 1. The zero-order valence-corrected chi connectivity index (χ0v) is 12.3. The van der Waals surface area contributed by atoms with Crippen LogP contribution in [0.4, 0.5) is 0 Å². The summed E-state index contributed by atoms with van der Waals surface area (Å²) in [6.45, 7) is 9.39. The Labute approximate surface area is 121 Å². The lowest BCUT2D eigenvalue weighted by molar-refractivity contribution is -0.122. The molecule has 1 aromatic carbocycles. The van der Waals surface area contributed by atoms with E-state index < -0.39 is 0 Å². The standard InChI is InChI=1S/C16H24N2O2/c1-4-10-17-16(19)13(3)18-12-14-6-8-15(9-7-14)20-11-5-2/h5-9,13,18H,2,4,10-12H2,1,3H3,(H,17,19). The number of hydrogen-bond acceptors (Lipinski definition) is 3. The molecule has 0 aliphatic rings. The minimum atomic E-state index is -0.196. The Hall–Kier alpha value is -1.81. The van der Waals surface area contributed by atoms with Crippen molar-refractivity contribution in [2.24, 2.45) is 0 Å². The number of amides is 1. The topological polar surface area (TPSA) is 50.4 Å². The molecular formula is C16H24N2O2. The minimum absolute atomic E-state index is 0.0396. The van der Waals surface area contributed by atoms with E-state index in [2.05, 4.69) is 17.2 Å². The second kappa shape index (κ2) is 9.15. The normalized spacial score (nSPS) is 11.7. The number of carbonyl (C=O) groups excluding carboxylic acids is 1. The molecule has 0 fully saturated rings. The van der Waals surface area contributed by atoms with Gasteiger partial charge in [0.05, 0.1) is 6.04 Å². The van der Waals surface area contributed by atoms with Gasteiger partial charge in [0.2, 0.25) is 5.91 Å². The molecule has 0 saturated carbocycles. The molecule has 1 unspecified atom stereocenters. The summed E-state index contributed by atoms with van der Waals surface area (Å²) in [5, 5.41) is 6.07. The van der Waals surface area contributed by atoms with Crippen molar-refractivity contribution in [3.8, 4) is 5.75 Å². The quantitative estimate of drug-likeness (QED) is 0.680. The third-order valence-electron chi connectivity index (χ3n) is 2.85. The number of hydrogen-bond donors (Lipinski definition) is 2. The molecule has 4 heteroatoms. The average molecular weight is 276 g/mol. The molecule has 0 aliphatic heterocycles. The fourth-order valence-corrected chi connectivity index (χ4v) is 1.62. The second-order valence-electron chi connectivity index (χ2n) is 4.64. The number of rotatable bonds is 9. The van der Waals surface area contributed by atoms with Crippen LogP contribution in [0.5, 0.6) is 5.75 Å². The summed E-state index contributed by atoms with van der Waals surface area (Å²) in [7, 11) is 0. The molecule has 2 N–H and O–H groups in total. The van der Waals surface area contributed by atoms with E-state index in [0.717, 1.165) is 24.3 Å². The van der Waals surface area contributed by atoms with Gasteiger partial charge in [-0.3, -0.25) is 4.79 Å². The predicted molar refractivity (Wildman–Crippen MR) is 81.7 cm³/mol. The summed E-state index contributed by atoms with van der Waals surface area (Å²) in [5.74, 6) is 0.861. The Morgan fingerprint density at radius 1 is 1.40 bits per heavy atom. The molecule has 0 heterocycles. The number of carbonyl (C=O) groups is 1. The van der Waals surface area contributed by atoms with Crippen LogP contribution in [0.1, 0.15) is 25.8 Å². The monoisotopic (exact) mass is 276 g/mol. The Morgan fingerprint density at radius 3 is 2.70 bits per heavy atom. The van der Waals surface area contributed by atoms with Gasteiger partial charge in [-0.25, -0.2) is 0 Å². The van der Waals surface area contributed by atoms with Gasteiger partial charge in [-0.05, 0) is 31.0 Å². The van der Waals surface area contributed by atoms with Crippen molar-refractivity contribution < 1.29 is 9.53 Å². The van der Waals surface area contributed by atoms with E-state index in [1.807, 2.05) is 38.1 Å². The summed E-state index contributed by atoms with van der Waals surface area (Å²) in [5.41, 5.74) is 1.12. The van der Waals surface area contributed by atoms with E-state index >= 15 is 0 Å². The summed E-state index contributed by atoms with van der Waals surface area (Å²) in [6.07, 6.45) is 2.66. The molecule has 0 saturated heterocycles. The fourth-order valence-electron chi connectivity index (χ4n) is 1.62. The highest BCUT2D eigenvalue weighted by molar-refractivity contribution is 5.81. The summed E-state index contributed by atoms with van der Waals surface area (Å²) in [6, 6.07) is 7.62. The Morgan fingerprint density at radius 2 is 2.10 bits per heavy atom. The molecule has 1 amide bonds. The van der Waals surface area contributed by atoms with E-state index in [-0.39, 0.29) is 11.9 Å². The summed E-state index contributed by atoms with van der Waals surface area (Å²) in [4.78, 5) is 11.7. The lowest BCUT2D eigenvalue weighted by Crippen LogP contribution is -2.42. The van der Waals surface area contributed by atoms with Crippen LogP contribution >= 0.6 is 0 Å². The maximum absolute atomic E-state index is 11.7. The first-order valence-corrected chi connectivity index (χ1v) is 7.01. The molecular weight excluding hydrogens is 252 g/mol.